The van der Waals surface area contributed by atoms with Crippen molar-refractivity contribution in [2.45, 2.75) is 13.5 Å². The van der Waals surface area contributed by atoms with Crippen LogP contribution in [0.3, 0.4) is 0 Å². The van der Waals surface area contributed by atoms with Crippen LogP contribution in [0.25, 0.3) is 21.9 Å². The summed E-state index contributed by atoms with van der Waals surface area (Å²) >= 11 is 0. The van der Waals surface area contributed by atoms with Gasteiger partial charge >= 0.3 is 0 Å². The molecule has 0 saturated carbocycles. The number of rotatable bonds is 4. The van der Waals surface area contributed by atoms with Gasteiger partial charge in [-0.3, -0.25) is 9.78 Å². The summed E-state index contributed by atoms with van der Waals surface area (Å²) in [6, 6.07) is 15.3. The van der Waals surface area contributed by atoms with Crippen molar-refractivity contribution < 1.29 is 4.74 Å². The van der Waals surface area contributed by atoms with Crippen LogP contribution in [0.1, 0.15) is 11.3 Å². The van der Waals surface area contributed by atoms with Gasteiger partial charge < -0.3 is 10.5 Å². The fourth-order valence-corrected chi connectivity index (χ4v) is 3.00. The lowest BCUT2D eigenvalue weighted by Crippen LogP contribution is -2.13. The molecule has 0 aliphatic carbocycles. The number of hydrogen-bond acceptors (Lipinski definition) is 5. The number of pyridine rings is 1. The number of nitrogens with one attached hydrogen (secondary N) is 1. The van der Waals surface area contributed by atoms with Crippen molar-refractivity contribution in [3.63, 3.8) is 0 Å². The Balaban J connectivity index is 1.74. The van der Waals surface area contributed by atoms with E-state index in [1.54, 1.807) is 18.5 Å². The Hall–Kier alpha value is -3.51. The number of ether oxygens (including phenoxy) is 1. The minimum absolute atomic E-state index is 0.233. The maximum Gasteiger partial charge on any atom is 0.272 e. The number of fused-ring (bicyclic) bond motifs is 1. The van der Waals surface area contributed by atoms with Gasteiger partial charge in [0.05, 0.1) is 17.3 Å². The molecule has 0 radical (unpaired) electrons. The van der Waals surface area contributed by atoms with Crippen molar-refractivity contribution in [3.8, 4) is 22.6 Å². The standard InChI is InChI=1S/C21H18N4O2/c1-13-3-2-4-16(7-13)27-17-8-15(11-23-12-17)14-5-6-18-19(9-14)20(10-22)24-25-21(18)26/h2-9,11-12H,10,22H2,1H3,(H,25,26). The number of aryl methyl sites for hydroxylation is 1. The van der Waals surface area contributed by atoms with E-state index in [2.05, 4.69) is 15.2 Å². The van der Waals surface area contributed by atoms with E-state index in [4.69, 9.17) is 10.5 Å². The third kappa shape index (κ3) is 3.43. The zero-order valence-electron chi connectivity index (χ0n) is 14.8. The van der Waals surface area contributed by atoms with Crippen LogP contribution in [0.15, 0.2) is 65.7 Å². The zero-order chi connectivity index (χ0) is 18.8. The predicted octanol–water partition coefficient (Wildman–Crippen LogP) is 3.54. The summed E-state index contributed by atoms with van der Waals surface area (Å²) in [6.45, 7) is 2.26. The normalized spacial score (nSPS) is 10.9. The second-order valence-corrected chi connectivity index (χ2v) is 6.29. The van der Waals surface area contributed by atoms with E-state index in [9.17, 15) is 4.79 Å². The first-order valence-electron chi connectivity index (χ1n) is 8.55. The molecule has 4 aromatic rings. The summed E-state index contributed by atoms with van der Waals surface area (Å²) in [4.78, 5) is 16.3. The molecule has 6 heteroatoms. The Morgan fingerprint density at radius 1 is 1.00 bits per heavy atom. The maximum atomic E-state index is 12.0. The van der Waals surface area contributed by atoms with Crippen molar-refractivity contribution in [2.75, 3.05) is 0 Å². The Morgan fingerprint density at radius 3 is 2.70 bits per heavy atom. The molecule has 0 fully saturated rings. The Bertz CT molecular complexity index is 1180. The van der Waals surface area contributed by atoms with Crippen LogP contribution >= 0.6 is 0 Å². The summed E-state index contributed by atoms with van der Waals surface area (Å²) in [5, 5.41) is 7.82. The molecule has 0 bridgehead atoms. The number of nitrogens with two attached hydrogens (primary N) is 1. The van der Waals surface area contributed by atoms with Gasteiger partial charge in [-0.25, -0.2) is 5.10 Å². The molecule has 0 amide bonds. The Morgan fingerprint density at radius 2 is 1.89 bits per heavy atom. The number of nitrogens with zero attached hydrogens (tertiary/aromatic N) is 2. The molecule has 0 aliphatic heterocycles. The third-order valence-electron chi connectivity index (χ3n) is 4.33. The first-order chi connectivity index (χ1) is 13.1. The van der Waals surface area contributed by atoms with E-state index in [0.717, 1.165) is 27.8 Å². The van der Waals surface area contributed by atoms with Gasteiger partial charge in [0.25, 0.3) is 5.56 Å². The average molecular weight is 358 g/mol. The lowest BCUT2D eigenvalue weighted by atomic mass is 10.0. The molecule has 0 unspecified atom stereocenters. The van der Waals surface area contributed by atoms with Gasteiger partial charge in [0.1, 0.15) is 11.5 Å². The van der Waals surface area contributed by atoms with Gasteiger partial charge in [0.15, 0.2) is 0 Å². The van der Waals surface area contributed by atoms with E-state index in [-0.39, 0.29) is 12.1 Å². The van der Waals surface area contributed by atoms with Gasteiger partial charge in [-0.1, -0.05) is 18.2 Å². The molecule has 2 heterocycles. The van der Waals surface area contributed by atoms with Crippen LogP contribution in [0.4, 0.5) is 0 Å². The van der Waals surface area contributed by atoms with Crippen molar-refractivity contribution in [2.24, 2.45) is 5.73 Å². The number of aromatic nitrogens is 3. The summed E-state index contributed by atoms with van der Waals surface area (Å²) in [5.74, 6) is 1.40. The molecule has 0 spiro atoms. The van der Waals surface area contributed by atoms with E-state index < -0.39 is 0 Å². The van der Waals surface area contributed by atoms with Gasteiger partial charge in [0.2, 0.25) is 0 Å². The fourth-order valence-electron chi connectivity index (χ4n) is 3.00. The molecule has 0 aliphatic rings. The highest BCUT2D eigenvalue weighted by Gasteiger charge is 2.09. The highest BCUT2D eigenvalue weighted by Crippen LogP contribution is 2.28. The SMILES string of the molecule is Cc1cccc(Oc2cncc(-c3ccc4c(=O)[nH]nc(CN)c4c3)c2)c1. The topological polar surface area (TPSA) is 93.9 Å². The molecule has 2 aromatic carbocycles. The molecular formula is C21H18N4O2. The predicted molar refractivity (Wildman–Crippen MR) is 105 cm³/mol. The fraction of sp³-hybridized carbons (Fsp3) is 0.0952. The minimum Gasteiger partial charge on any atom is -0.456 e. The Kier molecular flexibility index (Phi) is 4.40. The minimum atomic E-state index is -0.233. The van der Waals surface area contributed by atoms with Crippen LogP contribution in [-0.4, -0.2) is 15.2 Å². The number of aromatic amines is 1. The largest absolute Gasteiger partial charge is 0.456 e. The second kappa shape index (κ2) is 7.01. The number of H-pyrrole nitrogens is 1. The van der Waals surface area contributed by atoms with Crippen LogP contribution in [0, 0.1) is 6.92 Å². The van der Waals surface area contributed by atoms with E-state index in [0.29, 0.717) is 16.8 Å². The van der Waals surface area contributed by atoms with Gasteiger partial charge in [-0.15, -0.1) is 0 Å². The van der Waals surface area contributed by atoms with Crippen molar-refractivity contribution in [3.05, 3.63) is 82.5 Å². The summed E-state index contributed by atoms with van der Waals surface area (Å²) in [6.07, 6.45) is 3.43. The molecule has 6 nitrogen and oxygen atoms in total. The molecule has 134 valence electrons. The van der Waals surface area contributed by atoms with Gasteiger partial charge in [-0.2, -0.15) is 5.10 Å². The summed E-state index contributed by atoms with van der Waals surface area (Å²) in [7, 11) is 0. The monoisotopic (exact) mass is 358 g/mol. The number of benzene rings is 2. The van der Waals surface area contributed by atoms with Crippen molar-refractivity contribution in [1.29, 1.82) is 0 Å². The molecule has 2 aromatic heterocycles. The van der Waals surface area contributed by atoms with Crippen LogP contribution in [-0.2, 0) is 6.54 Å². The number of hydrogen-bond donors (Lipinski definition) is 2. The molecule has 0 atom stereocenters. The second-order valence-electron chi connectivity index (χ2n) is 6.29. The first kappa shape index (κ1) is 16.9. The van der Waals surface area contributed by atoms with Crippen LogP contribution in [0.5, 0.6) is 11.5 Å². The molecule has 0 saturated heterocycles. The van der Waals surface area contributed by atoms with E-state index in [1.807, 2.05) is 49.4 Å². The van der Waals surface area contributed by atoms with Crippen LogP contribution < -0.4 is 16.0 Å². The van der Waals surface area contributed by atoms with Gasteiger partial charge in [0, 0.05) is 23.7 Å². The van der Waals surface area contributed by atoms with Crippen LogP contribution in [0.2, 0.25) is 0 Å². The molecular weight excluding hydrogens is 340 g/mol. The maximum absolute atomic E-state index is 12.0. The smallest absolute Gasteiger partial charge is 0.272 e. The van der Waals surface area contributed by atoms with Crippen molar-refractivity contribution >= 4 is 10.8 Å². The zero-order valence-corrected chi connectivity index (χ0v) is 14.8. The van der Waals surface area contributed by atoms with E-state index >= 15 is 0 Å². The molecule has 4 rings (SSSR count). The quantitative estimate of drug-likeness (QED) is 0.582. The van der Waals surface area contributed by atoms with Gasteiger partial charge in [-0.05, 0) is 48.4 Å². The molecule has 27 heavy (non-hydrogen) atoms. The lowest BCUT2D eigenvalue weighted by molar-refractivity contribution is 0.480. The van der Waals surface area contributed by atoms with Crippen molar-refractivity contribution in [1.82, 2.24) is 15.2 Å². The average Bonchev–Trinajstić information content (AvgIpc) is 2.68. The third-order valence-corrected chi connectivity index (χ3v) is 4.33. The first-order valence-corrected chi connectivity index (χ1v) is 8.55. The lowest BCUT2D eigenvalue weighted by Gasteiger charge is -2.09. The summed E-state index contributed by atoms with van der Waals surface area (Å²) < 4.78 is 5.92. The Labute approximate surface area is 155 Å². The highest BCUT2D eigenvalue weighted by atomic mass is 16.5. The summed E-state index contributed by atoms with van der Waals surface area (Å²) in [5.41, 5.74) is 9.08. The van der Waals surface area contributed by atoms with E-state index in [1.165, 1.54) is 0 Å². The highest BCUT2D eigenvalue weighted by molar-refractivity contribution is 5.88. The molecule has 3 N–H and O–H groups in total.